The van der Waals surface area contributed by atoms with Crippen molar-refractivity contribution < 1.29 is 4.74 Å². The first-order chi connectivity index (χ1) is 5.78. The molecule has 0 aromatic rings. The molecule has 0 fully saturated rings. The van der Waals surface area contributed by atoms with E-state index in [0.29, 0.717) is 12.0 Å². The highest BCUT2D eigenvalue weighted by Crippen LogP contribution is 2.10. The van der Waals surface area contributed by atoms with E-state index < -0.39 is 0 Å². The lowest BCUT2D eigenvalue weighted by Crippen LogP contribution is -2.17. The Balaban J connectivity index is 3.49. The second-order valence-corrected chi connectivity index (χ2v) is 3.85. The number of rotatable bonds is 7. The summed E-state index contributed by atoms with van der Waals surface area (Å²) < 4.78 is 5.75. The fraction of sp³-hybridized carbons (Fsp3) is 1.00. The maximum absolute atomic E-state index is 5.75. The van der Waals surface area contributed by atoms with Crippen LogP contribution in [0.25, 0.3) is 0 Å². The molecule has 0 aliphatic heterocycles. The van der Waals surface area contributed by atoms with Gasteiger partial charge in [0.1, 0.15) is 0 Å². The topological polar surface area (TPSA) is 9.23 Å². The van der Waals surface area contributed by atoms with Crippen molar-refractivity contribution in [3.05, 3.63) is 0 Å². The molecule has 0 N–H and O–H groups in total. The number of halogens is 1. The van der Waals surface area contributed by atoms with Crippen molar-refractivity contribution in [2.24, 2.45) is 5.92 Å². The monoisotopic (exact) mass is 236 g/mol. The average molecular weight is 237 g/mol. The molecular formula is C10H21BrO. The van der Waals surface area contributed by atoms with Crippen molar-refractivity contribution in [2.45, 2.75) is 46.1 Å². The molecule has 0 amide bonds. The minimum absolute atomic E-state index is 0.470. The Morgan fingerprint density at radius 2 is 1.67 bits per heavy atom. The van der Waals surface area contributed by atoms with Crippen LogP contribution in [0.1, 0.15) is 40.0 Å². The second kappa shape index (κ2) is 8.06. The van der Waals surface area contributed by atoms with E-state index in [-0.39, 0.29) is 0 Å². The van der Waals surface area contributed by atoms with E-state index in [0.717, 1.165) is 24.8 Å². The molecule has 0 saturated heterocycles. The lowest BCUT2D eigenvalue weighted by molar-refractivity contribution is 0.0286. The zero-order valence-electron chi connectivity index (χ0n) is 8.48. The van der Waals surface area contributed by atoms with Gasteiger partial charge in [0.2, 0.25) is 0 Å². The van der Waals surface area contributed by atoms with Gasteiger partial charge in [-0.1, -0.05) is 43.1 Å². The van der Waals surface area contributed by atoms with Gasteiger partial charge >= 0.3 is 0 Å². The summed E-state index contributed by atoms with van der Waals surface area (Å²) in [5, 5.41) is 1.06. The van der Waals surface area contributed by atoms with E-state index in [4.69, 9.17) is 4.74 Å². The fourth-order valence-electron chi connectivity index (χ4n) is 1.07. The number of hydrogen-bond donors (Lipinski definition) is 0. The van der Waals surface area contributed by atoms with Crippen LogP contribution in [0, 0.1) is 5.92 Å². The molecule has 0 aliphatic rings. The lowest BCUT2D eigenvalue weighted by Gasteiger charge is -2.17. The molecule has 0 heterocycles. The predicted octanol–water partition coefficient (Wildman–Crippen LogP) is 3.61. The van der Waals surface area contributed by atoms with Crippen molar-refractivity contribution in [3.63, 3.8) is 0 Å². The van der Waals surface area contributed by atoms with E-state index in [9.17, 15) is 0 Å². The molecule has 0 aromatic heterocycles. The van der Waals surface area contributed by atoms with Crippen LogP contribution in [0.2, 0.25) is 0 Å². The minimum atomic E-state index is 0.470. The van der Waals surface area contributed by atoms with Gasteiger partial charge in [-0.25, -0.2) is 0 Å². The molecule has 0 bridgehead atoms. The van der Waals surface area contributed by atoms with Crippen molar-refractivity contribution in [1.82, 2.24) is 0 Å². The summed E-state index contributed by atoms with van der Waals surface area (Å²) in [5.41, 5.74) is 0. The van der Waals surface area contributed by atoms with Gasteiger partial charge < -0.3 is 4.74 Å². The van der Waals surface area contributed by atoms with Crippen molar-refractivity contribution >= 4 is 15.9 Å². The number of alkyl halides is 1. The Morgan fingerprint density at radius 1 is 1.08 bits per heavy atom. The molecule has 0 radical (unpaired) electrons. The van der Waals surface area contributed by atoms with Gasteiger partial charge in [-0.05, 0) is 18.8 Å². The highest BCUT2D eigenvalue weighted by molar-refractivity contribution is 9.09. The van der Waals surface area contributed by atoms with Crippen LogP contribution >= 0.6 is 15.9 Å². The first-order valence-corrected chi connectivity index (χ1v) is 6.08. The van der Waals surface area contributed by atoms with Crippen LogP contribution in [0.4, 0.5) is 0 Å². The summed E-state index contributed by atoms with van der Waals surface area (Å²) in [6.07, 6.45) is 3.94. The lowest BCUT2D eigenvalue weighted by atomic mass is 10.1. The van der Waals surface area contributed by atoms with Crippen LogP contribution in [-0.2, 0) is 4.74 Å². The fourth-order valence-corrected chi connectivity index (χ4v) is 1.71. The smallest absolute Gasteiger partial charge is 0.0570 e. The number of ether oxygens (including phenoxy) is 1. The first kappa shape index (κ1) is 12.4. The Hall–Kier alpha value is 0.440. The second-order valence-electron chi connectivity index (χ2n) is 3.20. The third-order valence-corrected chi connectivity index (χ3v) is 3.19. The van der Waals surface area contributed by atoms with Crippen LogP contribution in [0.3, 0.4) is 0 Å². The largest absolute Gasteiger partial charge is 0.378 e. The van der Waals surface area contributed by atoms with E-state index >= 15 is 0 Å². The van der Waals surface area contributed by atoms with Crippen molar-refractivity contribution in [1.29, 1.82) is 0 Å². The Morgan fingerprint density at radius 3 is 2.00 bits per heavy atom. The zero-order valence-corrected chi connectivity index (χ0v) is 10.1. The molecule has 0 aromatic carbocycles. The molecule has 0 saturated carbocycles. The predicted molar refractivity (Wildman–Crippen MR) is 57.9 cm³/mol. The van der Waals surface area contributed by atoms with E-state index in [1.165, 1.54) is 6.42 Å². The van der Waals surface area contributed by atoms with Gasteiger partial charge in [0.15, 0.2) is 0 Å². The summed E-state index contributed by atoms with van der Waals surface area (Å²) in [7, 11) is 0. The third-order valence-electron chi connectivity index (χ3n) is 2.27. The van der Waals surface area contributed by atoms with Gasteiger partial charge in [-0.3, -0.25) is 0 Å². The standard InChI is InChI=1S/C10H21BrO/c1-4-9(7-11)8-12-10(5-2)6-3/h9-10H,4-8H2,1-3H3. The zero-order chi connectivity index (χ0) is 9.40. The van der Waals surface area contributed by atoms with Gasteiger partial charge in [0, 0.05) is 5.33 Å². The first-order valence-electron chi connectivity index (χ1n) is 4.95. The average Bonchev–Trinajstić information content (AvgIpc) is 2.13. The molecule has 0 rings (SSSR count). The summed E-state index contributed by atoms with van der Waals surface area (Å²) in [4.78, 5) is 0. The molecule has 12 heavy (non-hydrogen) atoms. The molecule has 1 unspecified atom stereocenters. The Labute approximate surface area is 85.0 Å². The minimum Gasteiger partial charge on any atom is -0.378 e. The quantitative estimate of drug-likeness (QED) is 0.614. The normalized spacial score (nSPS) is 13.8. The van der Waals surface area contributed by atoms with Crippen LogP contribution < -0.4 is 0 Å². The van der Waals surface area contributed by atoms with Gasteiger partial charge in [0.25, 0.3) is 0 Å². The SMILES string of the molecule is CCC(CBr)COC(CC)CC. The summed E-state index contributed by atoms with van der Waals surface area (Å²) in [6, 6.07) is 0. The number of hydrogen-bond acceptors (Lipinski definition) is 1. The molecule has 2 heteroatoms. The summed E-state index contributed by atoms with van der Waals surface area (Å²) in [5.74, 6) is 0.686. The van der Waals surface area contributed by atoms with E-state index in [2.05, 4.69) is 36.7 Å². The maximum Gasteiger partial charge on any atom is 0.0570 e. The molecule has 74 valence electrons. The third kappa shape index (κ3) is 5.15. The molecular weight excluding hydrogens is 216 g/mol. The van der Waals surface area contributed by atoms with Gasteiger partial charge in [-0.2, -0.15) is 0 Å². The van der Waals surface area contributed by atoms with Crippen LogP contribution in [0.15, 0.2) is 0 Å². The van der Waals surface area contributed by atoms with Crippen LogP contribution in [-0.4, -0.2) is 18.0 Å². The van der Waals surface area contributed by atoms with E-state index in [1.807, 2.05) is 0 Å². The molecule has 0 aliphatic carbocycles. The highest BCUT2D eigenvalue weighted by Gasteiger charge is 2.08. The molecule has 1 atom stereocenters. The molecule has 0 spiro atoms. The van der Waals surface area contributed by atoms with Crippen molar-refractivity contribution in [2.75, 3.05) is 11.9 Å². The van der Waals surface area contributed by atoms with Gasteiger partial charge in [0.05, 0.1) is 12.7 Å². The highest BCUT2D eigenvalue weighted by atomic mass is 79.9. The molecule has 1 nitrogen and oxygen atoms in total. The Kier molecular flexibility index (Phi) is 8.35. The van der Waals surface area contributed by atoms with Crippen molar-refractivity contribution in [3.8, 4) is 0 Å². The maximum atomic E-state index is 5.75. The Bertz CT molecular complexity index is 75.8. The van der Waals surface area contributed by atoms with Gasteiger partial charge in [-0.15, -0.1) is 0 Å². The summed E-state index contributed by atoms with van der Waals surface area (Å²) >= 11 is 3.49. The van der Waals surface area contributed by atoms with Crippen LogP contribution in [0.5, 0.6) is 0 Å². The van der Waals surface area contributed by atoms with E-state index in [1.54, 1.807) is 0 Å². The summed E-state index contributed by atoms with van der Waals surface area (Å²) in [6.45, 7) is 7.49.